The third-order valence-electron chi connectivity index (χ3n) is 4.34. The molecule has 0 aliphatic carbocycles. The second kappa shape index (κ2) is 7.75. The predicted molar refractivity (Wildman–Crippen MR) is 84.7 cm³/mol. The molecular weight excluding hydrogens is 246 g/mol. The first-order valence-electron chi connectivity index (χ1n) is 8.09. The third kappa shape index (κ3) is 4.29. The summed E-state index contributed by atoms with van der Waals surface area (Å²) in [6.07, 6.45) is 7.71. The van der Waals surface area contributed by atoms with Gasteiger partial charge in [0.25, 0.3) is 0 Å². The van der Waals surface area contributed by atoms with Gasteiger partial charge < -0.3 is 5.32 Å². The van der Waals surface area contributed by atoms with Gasteiger partial charge in [-0.2, -0.15) is 0 Å². The predicted octanol–water partition coefficient (Wildman–Crippen LogP) is 2.99. The van der Waals surface area contributed by atoms with Crippen LogP contribution in [0.1, 0.15) is 44.2 Å². The van der Waals surface area contributed by atoms with E-state index in [9.17, 15) is 0 Å². The van der Waals surface area contributed by atoms with Gasteiger partial charge in [-0.3, -0.25) is 9.88 Å². The smallest absolute Gasteiger partial charge is 0.0313 e. The summed E-state index contributed by atoms with van der Waals surface area (Å²) in [6, 6.07) is 2.97. The molecule has 2 unspecified atom stereocenters. The van der Waals surface area contributed by atoms with E-state index < -0.39 is 0 Å². The molecule has 0 aromatic carbocycles. The van der Waals surface area contributed by atoms with Gasteiger partial charge in [-0.25, -0.2) is 0 Å². The summed E-state index contributed by atoms with van der Waals surface area (Å²) < 4.78 is 0. The number of aryl methyl sites for hydroxylation is 1. The van der Waals surface area contributed by atoms with Crippen molar-refractivity contribution in [3.63, 3.8) is 0 Å². The molecule has 0 bridgehead atoms. The van der Waals surface area contributed by atoms with Crippen LogP contribution < -0.4 is 5.32 Å². The van der Waals surface area contributed by atoms with Crippen LogP contribution in [0.3, 0.4) is 0 Å². The fourth-order valence-corrected chi connectivity index (χ4v) is 3.23. The molecule has 3 nitrogen and oxygen atoms in total. The van der Waals surface area contributed by atoms with Crippen molar-refractivity contribution in [3.8, 4) is 0 Å². The van der Waals surface area contributed by atoms with Gasteiger partial charge in [0.15, 0.2) is 0 Å². The number of piperidine rings is 1. The summed E-state index contributed by atoms with van der Waals surface area (Å²) >= 11 is 0. The average molecular weight is 275 g/mol. The molecule has 1 aliphatic rings. The second-order valence-corrected chi connectivity index (χ2v) is 6.12. The number of nitrogens with one attached hydrogen (secondary N) is 1. The molecule has 1 aromatic rings. The van der Waals surface area contributed by atoms with Crippen molar-refractivity contribution in [2.75, 3.05) is 19.6 Å². The molecular formula is C17H29N3. The van der Waals surface area contributed by atoms with Crippen molar-refractivity contribution >= 4 is 0 Å². The van der Waals surface area contributed by atoms with Crippen molar-refractivity contribution in [2.24, 2.45) is 5.92 Å². The highest BCUT2D eigenvalue weighted by Crippen LogP contribution is 2.22. The zero-order chi connectivity index (χ0) is 14.4. The standard InChI is InChI=1S/C17H29N3/c1-4-7-19-17-6-8-20(13-16(17)5-2)12-15-9-14(3)10-18-11-15/h9-11,16-17,19H,4-8,12-13H2,1-3H3. The van der Waals surface area contributed by atoms with E-state index in [0.717, 1.165) is 19.0 Å². The van der Waals surface area contributed by atoms with Crippen molar-refractivity contribution in [3.05, 3.63) is 29.6 Å². The Kier molecular flexibility index (Phi) is 5.99. The van der Waals surface area contributed by atoms with E-state index in [2.05, 4.69) is 42.0 Å². The first kappa shape index (κ1) is 15.5. The van der Waals surface area contributed by atoms with Gasteiger partial charge in [0.1, 0.15) is 0 Å². The lowest BCUT2D eigenvalue weighted by atomic mass is 9.89. The molecule has 1 aliphatic heterocycles. The largest absolute Gasteiger partial charge is 0.314 e. The summed E-state index contributed by atoms with van der Waals surface area (Å²) in [6.45, 7) is 11.3. The maximum atomic E-state index is 4.31. The molecule has 1 N–H and O–H groups in total. The Hall–Kier alpha value is -0.930. The quantitative estimate of drug-likeness (QED) is 0.865. The molecule has 0 spiro atoms. The van der Waals surface area contributed by atoms with Crippen LogP contribution >= 0.6 is 0 Å². The van der Waals surface area contributed by atoms with Crippen LogP contribution in [-0.4, -0.2) is 35.6 Å². The molecule has 2 rings (SSSR count). The highest BCUT2D eigenvalue weighted by Gasteiger charge is 2.27. The number of nitrogens with zero attached hydrogens (tertiary/aromatic N) is 2. The number of rotatable bonds is 6. The number of hydrogen-bond acceptors (Lipinski definition) is 3. The summed E-state index contributed by atoms with van der Waals surface area (Å²) in [5, 5.41) is 3.73. The lowest BCUT2D eigenvalue weighted by Crippen LogP contribution is -2.49. The normalized spacial score (nSPS) is 23.9. The minimum absolute atomic E-state index is 0.715. The molecule has 0 radical (unpaired) electrons. The first-order valence-corrected chi connectivity index (χ1v) is 8.09. The Morgan fingerprint density at radius 3 is 2.90 bits per heavy atom. The topological polar surface area (TPSA) is 28.2 Å². The SMILES string of the molecule is CCCNC1CCN(Cc2cncc(C)c2)CC1CC. The first-order chi connectivity index (χ1) is 9.72. The highest BCUT2D eigenvalue weighted by molar-refractivity contribution is 5.16. The van der Waals surface area contributed by atoms with E-state index >= 15 is 0 Å². The van der Waals surface area contributed by atoms with E-state index in [1.165, 1.54) is 43.5 Å². The van der Waals surface area contributed by atoms with Crippen molar-refractivity contribution in [2.45, 2.75) is 52.6 Å². The number of likely N-dealkylation sites (tertiary alicyclic amines) is 1. The molecule has 3 heteroatoms. The van der Waals surface area contributed by atoms with Crippen LogP contribution in [0.4, 0.5) is 0 Å². The molecule has 1 saturated heterocycles. The molecule has 112 valence electrons. The van der Waals surface area contributed by atoms with Crippen LogP contribution in [0.2, 0.25) is 0 Å². The summed E-state index contributed by atoms with van der Waals surface area (Å²) in [5.74, 6) is 0.785. The Morgan fingerprint density at radius 2 is 2.20 bits per heavy atom. The van der Waals surface area contributed by atoms with Crippen molar-refractivity contribution in [1.29, 1.82) is 0 Å². The molecule has 20 heavy (non-hydrogen) atoms. The highest BCUT2D eigenvalue weighted by atomic mass is 15.1. The number of aromatic nitrogens is 1. The summed E-state index contributed by atoms with van der Waals surface area (Å²) in [7, 11) is 0. The average Bonchev–Trinajstić information content (AvgIpc) is 2.46. The van der Waals surface area contributed by atoms with Gasteiger partial charge in [0, 0.05) is 31.5 Å². The van der Waals surface area contributed by atoms with Crippen LogP contribution in [0.15, 0.2) is 18.5 Å². The monoisotopic (exact) mass is 275 g/mol. The van der Waals surface area contributed by atoms with E-state index in [0.29, 0.717) is 6.04 Å². The Balaban J connectivity index is 1.89. The lowest BCUT2D eigenvalue weighted by molar-refractivity contribution is 0.129. The van der Waals surface area contributed by atoms with Gasteiger partial charge in [0.05, 0.1) is 0 Å². The van der Waals surface area contributed by atoms with Gasteiger partial charge >= 0.3 is 0 Å². The van der Waals surface area contributed by atoms with Crippen LogP contribution in [0, 0.1) is 12.8 Å². The molecule has 2 heterocycles. The zero-order valence-corrected chi connectivity index (χ0v) is 13.2. The minimum Gasteiger partial charge on any atom is -0.314 e. The maximum Gasteiger partial charge on any atom is 0.0313 e. The zero-order valence-electron chi connectivity index (χ0n) is 13.2. The lowest BCUT2D eigenvalue weighted by Gasteiger charge is -2.38. The molecule has 2 atom stereocenters. The van der Waals surface area contributed by atoms with Gasteiger partial charge in [-0.15, -0.1) is 0 Å². The van der Waals surface area contributed by atoms with Crippen molar-refractivity contribution in [1.82, 2.24) is 15.2 Å². The second-order valence-electron chi connectivity index (χ2n) is 6.12. The minimum atomic E-state index is 0.715. The number of pyridine rings is 1. The van der Waals surface area contributed by atoms with Crippen molar-refractivity contribution < 1.29 is 0 Å². The van der Waals surface area contributed by atoms with Gasteiger partial charge in [-0.1, -0.05) is 26.3 Å². The summed E-state index contributed by atoms with van der Waals surface area (Å²) in [4.78, 5) is 6.90. The molecule has 0 amide bonds. The molecule has 1 aromatic heterocycles. The molecule has 0 saturated carbocycles. The van der Waals surface area contributed by atoms with E-state index in [1.807, 2.05) is 12.4 Å². The Bertz CT molecular complexity index is 405. The number of hydrogen-bond donors (Lipinski definition) is 1. The molecule has 1 fully saturated rings. The Labute approximate surface area is 123 Å². The fourth-order valence-electron chi connectivity index (χ4n) is 3.23. The van der Waals surface area contributed by atoms with E-state index in [-0.39, 0.29) is 0 Å². The Morgan fingerprint density at radius 1 is 1.35 bits per heavy atom. The maximum absolute atomic E-state index is 4.31. The van der Waals surface area contributed by atoms with Crippen LogP contribution in [-0.2, 0) is 6.54 Å². The van der Waals surface area contributed by atoms with Crippen LogP contribution in [0.25, 0.3) is 0 Å². The van der Waals surface area contributed by atoms with E-state index in [4.69, 9.17) is 0 Å². The summed E-state index contributed by atoms with van der Waals surface area (Å²) in [5.41, 5.74) is 2.61. The van der Waals surface area contributed by atoms with Gasteiger partial charge in [-0.05, 0) is 49.9 Å². The van der Waals surface area contributed by atoms with E-state index in [1.54, 1.807) is 0 Å². The third-order valence-corrected chi connectivity index (χ3v) is 4.34. The van der Waals surface area contributed by atoms with Gasteiger partial charge in [0.2, 0.25) is 0 Å². The van der Waals surface area contributed by atoms with Crippen LogP contribution in [0.5, 0.6) is 0 Å². The fraction of sp³-hybridized carbons (Fsp3) is 0.706.